The van der Waals surface area contributed by atoms with E-state index in [0.717, 1.165) is 0 Å². The molecule has 0 saturated heterocycles. The van der Waals surface area contributed by atoms with Gasteiger partial charge in [-0.1, -0.05) is 35.3 Å². The quantitative estimate of drug-likeness (QED) is 0.780. The molecule has 0 radical (unpaired) electrons. The predicted octanol–water partition coefficient (Wildman–Crippen LogP) is 4.54. The average Bonchev–Trinajstić information content (AvgIpc) is 2.86. The van der Waals surface area contributed by atoms with E-state index in [1.807, 2.05) is 6.07 Å². The minimum Gasteiger partial charge on any atom is -0.291 e. The smallest absolute Gasteiger partial charge is 0.194 e. The number of hydrogen-bond acceptors (Lipinski definition) is 3. The lowest BCUT2D eigenvalue weighted by atomic mass is 9.95. The third-order valence-corrected chi connectivity index (χ3v) is 3.88. The number of benzene rings is 1. The lowest BCUT2D eigenvalue weighted by Gasteiger charge is -2.09. The molecule has 0 saturated carbocycles. The maximum atomic E-state index is 12.2. The maximum Gasteiger partial charge on any atom is 0.194 e. The molecular formula is C13H7Cl2NOS. The van der Waals surface area contributed by atoms with E-state index in [0.29, 0.717) is 20.5 Å². The van der Waals surface area contributed by atoms with Crippen molar-refractivity contribution < 1.29 is 4.79 Å². The second-order valence-electron chi connectivity index (χ2n) is 3.57. The number of Topliss-reactive ketones (excluding diaryl/α,β-unsaturated/α-hetero) is 1. The second-order valence-corrected chi connectivity index (χ2v) is 5.36. The highest BCUT2D eigenvalue weighted by molar-refractivity contribution is 7.12. The van der Waals surface area contributed by atoms with Crippen molar-refractivity contribution in [2.75, 3.05) is 0 Å². The van der Waals surface area contributed by atoms with E-state index in [9.17, 15) is 10.1 Å². The van der Waals surface area contributed by atoms with Crippen LogP contribution in [0.1, 0.15) is 21.2 Å². The molecule has 0 amide bonds. The molecule has 0 fully saturated rings. The first-order valence-corrected chi connectivity index (χ1v) is 6.69. The first-order chi connectivity index (χ1) is 8.63. The van der Waals surface area contributed by atoms with Crippen LogP contribution in [-0.2, 0) is 0 Å². The molecule has 0 bridgehead atoms. The SMILES string of the molecule is N#C[C@H](C(=O)c1cccs1)c1ccc(Cl)cc1Cl. The fourth-order valence-electron chi connectivity index (χ4n) is 1.57. The topological polar surface area (TPSA) is 40.9 Å². The first-order valence-electron chi connectivity index (χ1n) is 5.05. The summed E-state index contributed by atoms with van der Waals surface area (Å²) in [5.74, 6) is -1.13. The van der Waals surface area contributed by atoms with E-state index < -0.39 is 5.92 Å². The molecule has 5 heteroatoms. The molecule has 2 nitrogen and oxygen atoms in total. The molecule has 0 spiro atoms. The van der Waals surface area contributed by atoms with Crippen LogP contribution in [0.25, 0.3) is 0 Å². The zero-order valence-electron chi connectivity index (χ0n) is 9.06. The van der Waals surface area contributed by atoms with Gasteiger partial charge in [0.2, 0.25) is 0 Å². The molecule has 1 aromatic heterocycles. The highest BCUT2D eigenvalue weighted by Crippen LogP contribution is 2.30. The minimum absolute atomic E-state index is 0.239. The molecule has 0 aliphatic rings. The van der Waals surface area contributed by atoms with Gasteiger partial charge in [0, 0.05) is 10.0 Å². The molecule has 2 rings (SSSR count). The molecule has 90 valence electrons. The van der Waals surface area contributed by atoms with Gasteiger partial charge < -0.3 is 0 Å². The first kappa shape index (κ1) is 13.1. The molecule has 0 N–H and O–H groups in total. The van der Waals surface area contributed by atoms with Gasteiger partial charge in [-0.05, 0) is 29.1 Å². The summed E-state index contributed by atoms with van der Waals surface area (Å²) >= 11 is 13.1. The van der Waals surface area contributed by atoms with Crippen LogP contribution in [0.2, 0.25) is 10.0 Å². The van der Waals surface area contributed by atoms with Crippen molar-refractivity contribution in [1.82, 2.24) is 0 Å². The molecule has 1 aromatic carbocycles. The fraction of sp³-hybridized carbons (Fsp3) is 0.0769. The monoisotopic (exact) mass is 295 g/mol. The molecule has 0 unspecified atom stereocenters. The molecule has 2 aromatic rings. The highest BCUT2D eigenvalue weighted by atomic mass is 35.5. The lowest BCUT2D eigenvalue weighted by molar-refractivity contribution is 0.0983. The van der Waals surface area contributed by atoms with Crippen molar-refractivity contribution in [3.63, 3.8) is 0 Å². The number of thiophene rings is 1. The summed E-state index contributed by atoms with van der Waals surface area (Å²) in [7, 11) is 0. The Kier molecular flexibility index (Phi) is 4.03. The Morgan fingerprint density at radius 1 is 1.33 bits per heavy atom. The van der Waals surface area contributed by atoms with Crippen molar-refractivity contribution in [3.8, 4) is 6.07 Å². The zero-order chi connectivity index (χ0) is 13.1. The summed E-state index contributed by atoms with van der Waals surface area (Å²) in [6.45, 7) is 0. The van der Waals surface area contributed by atoms with Gasteiger partial charge >= 0.3 is 0 Å². The van der Waals surface area contributed by atoms with Gasteiger partial charge in [0.15, 0.2) is 5.78 Å². The number of nitriles is 1. The molecule has 0 aliphatic carbocycles. The Morgan fingerprint density at radius 2 is 2.11 bits per heavy atom. The zero-order valence-corrected chi connectivity index (χ0v) is 11.4. The Bertz CT molecular complexity index is 616. The van der Waals surface area contributed by atoms with Crippen molar-refractivity contribution in [2.45, 2.75) is 5.92 Å². The summed E-state index contributed by atoms with van der Waals surface area (Å²) < 4.78 is 0. The van der Waals surface area contributed by atoms with Gasteiger partial charge in [0.1, 0.15) is 5.92 Å². The summed E-state index contributed by atoms with van der Waals surface area (Å²) in [5.41, 5.74) is 0.488. The lowest BCUT2D eigenvalue weighted by Crippen LogP contribution is -2.10. The van der Waals surface area contributed by atoms with Crippen molar-refractivity contribution >= 4 is 40.3 Å². The van der Waals surface area contributed by atoms with Crippen molar-refractivity contribution in [1.29, 1.82) is 5.26 Å². The van der Waals surface area contributed by atoms with Crippen LogP contribution in [0, 0.1) is 11.3 Å². The van der Waals surface area contributed by atoms with Gasteiger partial charge in [0.25, 0.3) is 0 Å². The molecule has 0 aliphatic heterocycles. The van der Waals surface area contributed by atoms with Gasteiger partial charge in [-0.3, -0.25) is 4.79 Å². The van der Waals surface area contributed by atoms with Gasteiger partial charge in [0.05, 0.1) is 10.9 Å². The fourth-order valence-corrected chi connectivity index (χ4v) is 2.78. The number of halogens is 2. The van der Waals surface area contributed by atoms with Crippen LogP contribution in [0.15, 0.2) is 35.7 Å². The van der Waals surface area contributed by atoms with E-state index in [1.54, 1.807) is 29.6 Å². The number of carbonyl (C=O) groups excluding carboxylic acids is 1. The predicted molar refractivity (Wildman–Crippen MR) is 73.5 cm³/mol. The summed E-state index contributed by atoms with van der Waals surface area (Å²) in [6.07, 6.45) is 0. The number of ketones is 1. The van der Waals surface area contributed by atoms with Crippen LogP contribution in [0.3, 0.4) is 0 Å². The third-order valence-electron chi connectivity index (χ3n) is 2.43. The molecule has 1 atom stereocenters. The molecule has 18 heavy (non-hydrogen) atoms. The summed E-state index contributed by atoms with van der Waals surface area (Å²) in [6, 6.07) is 10.2. The van der Waals surface area contributed by atoms with E-state index >= 15 is 0 Å². The standard InChI is InChI=1S/C13H7Cl2NOS/c14-8-3-4-9(11(15)6-8)10(7-16)13(17)12-2-1-5-18-12/h1-6,10H/t10-/m0/s1. The van der Waals surface area contributed by atoms with Crippen LogP contribution < -0.4 is 0 Å². The summed E-state index contributed by atoms with van der Waals surface area (Å²) in [4.78, 5) is 12.7. The number of rotatable bonds is 3. The largest absolute Gasteiger partial charge is 0.291 e. The minimum atomic E-state index is -0.895. The maximum absolute atomic E-state index is 12.2. The Labute approximate surface area is 118 Å². The normalized spacial score (nSPS) is 11.8. The van der Waals surface area contributed by atoms with E-state index in [-0.39, 0.29) is 5.78 Å². The number of carbonyl (C=O) groups is 1. The van der Waals surface area contributed by atoms with Crippen molar-refractivity contribution in [3.05, 3.63) is 56.2 Å². The van der Waals surface area contributed by atoms with Crippen LogP contribution in [0.4, 0.5) is 0 Å². The van der Waals surface area contributed by atoms with Crippen LogP contribution >= 0.6 is 34.5 Å². The second kappa shape index (κ2) is 5.53. The number of nitrogens with zero attached hydrogens (tertiary/aromatic N) is 1. The van der Waals surface area contributed by atoms with E-state index in [2.05, 4.69) is 0 Å². The van der Waals surface area contributed by atoms with Gasteiger partial charge in [-0.15, -0.1) is 11.3 Å². The van der Waals surface area contributed by atoms with E-state index in [1.165, 1.54) is 17.4 Å². The average molecular weight is 296 g/mol. The number of hydrogen-bond donors (Lipinski definition) is 0. The molecule has 1 heterocycles. The van der Waals surface area contributed by atoms with Crippen LogP contribution in [-0.4, -0.2) is 5.78 Å². The Morgan fingerprint density at radius 3 is 2.67 bits per heavy atom. The highest BCUT2D eigenvalue weighted by Gasteiger charge is 2.24. The van der Waals surface area contributed by atoms with Crippen molar-refractivity contribution in [2.24, 2.45) is 0 Å². The molecular weight excluding hydrogens is 289 g/mol. The van der Waals surface area contributed by atoms with Gasteiger partial charge in [-0.25, -0.2) is 0 Å². The Hall–Kier alpha value is -1.34. The third kappa shape index (κ3) is 2.56. The van der Waals surface area contributed by atoms with E-state index in [4.69, 9.17) is 23.2 Å². The van der Waals surface area contributed by atoms with Crippen LogP contribution in [0.5, 0.6) is 0 Å². The summed E-state index contributed by atoms with van der Waals surface area (Å²) in [5, 5.41) is 11.8. The Balaban J connectivity index is 2.41. The van der Waals surface area contributed by atoms with Gasteiger partial charge in [-0.2, -0.15) is 5.26 Å².